The van der Waals surface area contributed by atoms with Crippen LogP contribution in [-0.2, 0) is 10.2 Å². The standard InChI is InChI=1S/C19H21ClN2O3/c1-19(2,3)14-4-7-16(8-5-14)25-12-18(24)22-21-11-13-10-15(20)6-9-17(13)23/h4-11,23H,12H2,1-3H3,(H,22,24). The summed E-state index contributed by atoms with van der Waals surface area (Å²) in [5, 5.41) is 13.9. The lowest BCUT2D eigenvalue weighted by atomic mass is 9.87. The minimum Gasteiger partial charge on any atom is -0.507 e. The number of benzene rings is 2. The molecule has 0 aromatic heterocycles. The Bertz CT molecular complexity index is 765. The van der Waals surface area contributed by atoms with Crippen molar-refractivity contribution in [2.24, 2.45) is 5.10 Å². The quantitative estimate of drug-likeness (QED) is 0.628. The van der Waals surface area contributed by atoms with Crippen molar-refractivity contribution >= 4 is 23.7 Å². The zero-order valence-corrected chi connectivity index (χ0v) is 15.2. The van der Waals surface area contributed by atoms with Gasteiger partial charge in [0.2, 0.25) is 0 Å². The molecule has 2 aromatic carbocycles. The summed E-state index contributed by atoms with van der Waals surface area (Å²) in [6.07, 6.45) is 1.32. The molecule has 2 aromatic rings. The van der Waals surface area contributed by atoms with E-state index in [4.69, 9.17) is 16.3 Å². The third-order valence-electron chi connectivity index (χ3n) is 3.47. The number of amides is 1. The van der Waals surface area contributed by atoms with Crippen LogP contribution < -0.4 is 10.2 Å². The molecule has 6 heteroatoms. The highest BCUT2D eigenvalue weighted by Crippen LogP contribution is 2.24. The molecule has 0 aliphatic rings. The van der Waals surface area contributed by atoms with E-state index in [1.807, 2.05) is 24.3 Å². The molecule has 25 heavy (non-hydrogen) atoms. The van der Waals surface area contributed by atoms with Crippen molar-refractivity contribution in [2.45, 2.75) is 26.2 Å². The average Bonchev–Trinajstić information content (AvgIpc) is 2.56. The van der Waals surface area contributed by atoms with Crippen LogP contribution in [0.2, 0.25) is 5.02 Å². The second kappa shape index (κ2) is 8.03. The highest BCUT2D eigenvalue weighted by molar-refractivity contribution is 6.30. The van der Waals surface area contributed by atoms with Crippen LogP contribution in [0.15, 0.2) is 47.6 Å². The number of carbonyl (C=O) groups is 1. The van der Waals surface area contributed by atoms with E-state index in [1.54, 1.807) is 12.1 Å². The summed E-state index contributed by atoms with van der Waals surface area (Å²) in [6, 6.07) is 12.2. The Morgan fingerprint density at radius 2 is 1.92 bits per heavy atom. The summed E-state index contributed by atoms with van der Waals surface area (Å²) in [6.45, 7) is 6.23. The summed E-state index contributed by atoms with van der Waals surface area (Å²) < 4.78 is 5.42. The number of phenols is 1. The van der Waals surface area contributed by atoms with Gasteiger partial charge < -0.3 is 9.84 Å². The predicted octanol–water partition coefficient (Wildman–Crippen LogP) is 3.87. The van der Waals surface area contributed by atoms with Crippen LogP contribution >= 0.6 is 11.6 Å². The highest BCUT2D eigenvalue weighted by atomic mass is 35.5. The Hall–Kier alpha value is -2.53. The molecule has 0 aliphatic carbocycles. The first-order valence-electron chi connectivity index (χ1n) is 7.79. The van der Waals surface area contributed by atoms with Gasteiger partial charge in [0, 0.05) is 10.6 Å². The molecular formula is C19H21ClN2O3. The van der Waals surface area contributed by atoms with E-state index in [2.05, 4.69) is 31.3 Å². The van der Waals surface area contributed by atoms with Gasteiger partial charge in [-0.05, 0) is 41.3 Å². The van der Waals surface area contributed by atoms with Gasteiger partial charge in [-0.2, -0.15) is 5.10 Å². The lowest BCUT2D eigenvalue weighted by molar-refractivity contribution is -0.123. The number of hydrogen-bond acceptors (Lipinski definition) is 4. The van der Waals surface area contributed by atoms with Crippen molar-refractivity contribution in [1.82, 2.24) is 5.43 Å². The van der Waals surface area contributed by atoms with Crippen LogP contribution in [-0.4, -0.2) is 23.8 Å². The van der Waals surface area contributed by atoms with Crippen LogP contribution in [0.4, 0.5) is 0 Å². The summed E-state index contributed by atoms with van der Waals surface area (Å²) in [7, 11) is 0. The van der Waals surface area contributed by atoms with Gasteiger partial charge in [0.15, 0.2) is 6.61 Å². The summed E-state index contributed by atoms with van der Waals surface area (Å²) in [5.41, 5.74) is 4.00. The molecule has 2 rings (SSSR count). The smallest absolute Gasteiger partial charge is 0.277 e. The van der Waals surface area contributed by atoms with Crippen molar-refractivity contribution in [1.29, 1.82) is 0 Å². The van der Waals surface area contributed by atoms with Gasteiger partial charge in [-0.3, -0.25) is 4.79 Å². The van der Waals surface area contributed by atoms with Crippen LogP contribution in [0, 0.1) is 0 Å². The van der Waals surface area contributed by atoms with Crippen molar-refractivity contribution in [3.63, 3.8) is 0 Å². The van der Waals surface area contributed by atoms with Gasteiger partial charge in [-0.25, -0.2) is 5.43 Å². The van der Waals surface area contributed by atoms with Crippen molar-refractivity contribution in [3.05, 3.63) is 58.6 Å². The molecular weight excluding hydrogens is 340 g/mol. The number of phenolic OH excluding ortho intramolecular Hbond substituents is 1. The molecule has 0 bridgehead atoms. The Labute approximate surface area is 152 Å². The number of hydrazone groups is 1. The summed E-state index contributed by atoms with van der Waals surface area (Å²) in [5.74, 6) is 0.231. The molecule has 0 saturated heterocycles. The van der Waals surface area contributed by atoms with Crippen LogP contribution in [0.3, 0.4) is 0 Å². The third-order valence-corrected chi connectivity index (χ3v) is 3.71. The Morgan fingerprint density at radius 1 is 1.24 bits per heavy atom. The van der Waals surface area contributed by atoms with Gasteiger partial charge in [0.05, 0.1) is 6.21 Å². The molecule has 0 heterocycles. The molecule has 0 fully saturated rings. The molecule has 0 spiro atoms. The molecule has 0 saturated carbocycles. The molecule has 0 atom stereocenters. The highest BCUT2D eigenvalue weighted by Gasteiger charge is 2.13. The van der Waals surface area contributed by atoms with E-state index in [0.29, 0.717) is 16.3 Å². The van der Waals surface area contributed by atoms with E-state index < -0.39 is 5.91 Å². The number of carbonyl (C=O) groups excluding carboxylic acids is 1. The maximum atomic E-state index is 11.7. The Kier molecular flexibility index (Phi) is 6.04. The first-order chi connectivity index (χ1) is 11.8. The summed E-state index contributed by atoms with van der Waals surface area (Å²) in [4.78, 5) is 11.7. The largest absolute Gasteiger partial charge is 0.507 e. The normalized spacial score (nSPS) is 11.5. The van der Waals surface area contributed by atoms with Gasteiger partial charge >= 0.3 is 0 Å². The van der Waals surface area contributed by atoms with Gasteiger partial charge in [-0.15, -0.1) is 0 Å². The van der Waals surface area contributed by atoms with E-state index in [-0.39, 0.29) is 17.8 Å². The Balaban J connectivity index is 1.84. The molecule has 0 aliphatic heterocycles. The van der Waals surface area contributed by atoms with Crippen molar-refractivity contribution < 1.29 is 14.6 Å². The lowest BCUT2D eigenvalue weighted by Crippen LogP contribution is -2.24. The van der Waals surface area contributed by atoms with E-state index in [1.165, 1.54) is 17.8 Å². The van der Waals surface area contributed by atoms with E-state index >= 15 is 0 Å². The first-order valence-corrected chi connectivity index (χ1v) is 8.17. The predicted molar refractivity (Wildman–Crippen MR) is 99.5 cm³/mol. The minimum atomic E-state index is -0.405. The summed E-state index contributed by atoms with van der Waals surface area (Å²) >= 11 is 5.83. The maximum absolute atomic E-state index is 11.7. The maximum Gasteiger partial charge on any atom is 0.277 e. The second-order valence-electron chi connectivity index (χ2n) is 6.56. The fourth-order valence-electron chi connectivity index (χ4n) is 2.03. The van der Waals surface area contributed by atoms with E-state index in [9.17, 15) is 9.90 Å². The zero-order chi connectivity index (χ0) is 18.4. The Morgan fingerprint density at radius 3 is 2.56 bits per heavy atom. The van der Waals surface area contributed by atoms with Crippen LogP contribution in [0.1, 0.15) is 31.9 Å². The first kappa shape index (κ1) is 18.8. The minimum absolute atomic E-state index is 0.0255. The van der Waals surface area contributed by atoms with Crippen molar-refractivity contribution in [3.8, 4) is 11.5 Å². The van der Waals surface area contributed by atoms with Gasteiger partial charge in [0.1, 0.15) is 11.5 Å². The monoisotopic (exact) mass is 360 g/mol. The number of halogens is 1. The van der Waals surface area contributed by atoms with Gasteiger partial charge in [0.25, 0.3) is 5.91 Å². The van der Waals surface area contributed by atoms with E-state index in [0.717, 1.165) is 0 Å². The third kappa shape index (κ3) is 5.80. The zero-order valence-electron chi connectivity index (χ0n) is 14.4. The molecule has 2 N–H and O–H groups in total. The second-order valence-corrected chi connectivity index (χ2v) is 7.00. The number of nitrogens with one attached hydrogen (secondary N) is 1. The fourth-order valence-corrected chi connectivity index (χ4v) is 2.22. The molecule has 132 valence electrons. The SMILES string of the molecule is CC(C)(C)c1ccc(OCC(=O)NN=Cc2cc(Cl)ccc2O)cc1. The average molecular weight is 361 g/mol. The topological polar surface area (TPSA) is 70.9 Å². The lowest BCUT2D eigenvalue weighted by Gasteiger charge is -2.19. The number of ether oxygens (including phenoxy) is 1. The molecule has 1 amide bonds. The fraction of sp³-hybridized carbons (Fsp3) is 0.263. The number of rotatable bonds is 5. The van der Waals surface area contributed by atoms with Crippen LogP contribution in [0.5, 0.6) is 11.5 Å². The molecule has 0 unspecified atom stereocenters. The number of nitrogens with zero attached hydrogens (tertiary/aromatic N) is 1. The molecule has 5 nitrogen and oxygen atoms in total. The van der Waals surface area contributed by atoms with Crippen LogP contribution in [0.25, 0.3) is 0 Å². The number of hydrogen-bond donors (Lipinski definition) is 2. The number of aromatic hydroxyl groups is 1. The van der Waals surface area contributed by atoms with Gasteiger partial charge in [-0.1, -0.05) is 44.5 Å². The molecule has 0 radical (unpaired) electrons. The van der Waals surface area contributed by atoms with Crippen molar-refractivity contribution in [2.75, 3.05) is 6.61 Å².